The van der Waals surface area contributed by atoms with Crippen LogP contribution in [-0.2, 0) is 9.59 Å². The number of hydrogen-bond donors (Lipinski definition) is 1. The van der Waals surface area contributed by atoms with Crippen LogP contribution >= 0.6 is 11.3 Å². The Morgan fingerprint density at radius 2 is 2.06 bits per heavy atom. The minimum atomic E-state index is -0.321. The van der Waals surface area contributed by atoms with Gasteiger partial charge in [0.2, 0.25) is 11.8 Å². The van der Waals surface area contributed by atoms with Crippen molar-refractivity contribution < 1.29 is 14.3 Å². The molecule has 1 fully saturated rings. The monoisotopic (exact) mass is 457 g/mol. The van der Waals surface area contributed by atoms with Gasteiger partial charge in [-0.05, 0) is 44.4 Å². The molecule has 32 heavy (non-hydrogen) atoms. The van der Waals surface area contributed by atoms with Crippen LogP contribution in [0.15, 0.2) is 41.8 Å². The predicted octanol–water partition coefficient (Wildman–Crippen LogP) is 4.26. The molecule has 0 bridgehead atoms. The molecule has 2 amide bonds. The first-order valence-corrected chi connectivity index (χ1v) is 12.3. The summed E-state index contributed by atoms with van der Waals surface area (Å²) in [6.07, 6.45) is 2.84. The van der Waals surface area contributed by atoms with Crippen molar-refractivity contribution in [1.82, 2.24) is 15.1 Å². The second-order valence-corrected chi connectivity index (χ2v) is 9.49. The highest BCUT2D eigenvalue weighted by molar-refractivity contribution is 7.10. The molecular weight excluding hydrogens is 422 g/mol. The average Bonchev–Trinajstić information content (AvgIpc) is 3.32. The Morgan fingerprint density at radius 3 is 2.72 bits per heavy atom. The van der Waals surface area contributed by atoms with Gasteiger partial charge in [0.25, 0.3) is 0 Å². The summed E-state index contributed by atoms with van der Waals surface area (Å²) in [7, 11) is 5.69. The lowest BCUT2D eigenvalue weighted by Crippen LogP contribution is -2.49. The van der Waals surface area contributed by atoms with Crippen LogP contribution in [0.25, 0.3) is 0 Å². The largest absolute Gasteiger partial charge is 0.496 e. The van der Waals surface area contributed by atoms with E-state index < -0.39 is 0 Å². The van der Waals surface area contributed by atoms with Gasteiger partial charge in [-0.2, -0.15) is 0 Å². The Labute approximate surface area is 195 Å². The molecule has 2 heterocycles. The summed E-state index contributed by atoms with van der Waals surface area (Å²) in [5, 5.41) is 5.26. The molecule has 0 radical (unpaired) electrons. The van der Waals surface area contributed by atoms with Gasteiger partial charge >= 0.3 is 0 Å². The second kappa shape index (κ2) is 11.5. The smallest absolute Gasteiger partial charge is 0.225 e. The van der Waals surface area contributed by atoms with Crippen molar-refractivity contribution in [2.75, 3.05) is 34.3 Å². The van der Waals surface area contributed by atoms with Gasteiger partial charge < -0.3 is 19.9 Å². The van der Waals surface area contributed by atoms with E-state index in [9.17, 15) is 9.59 Å². The van der Waals surface area contributed by atoms with Crippen molar-refractivity contribution in [2.45, 2.75) is 44.7 Å². The molecule has 1 aliphatic heterocycles. The number of benzene rings is 1. The van der Waals surface area contributed by atoms with Crippen molar-refractivity contribution in [1.29, 1.82) is 0 Å². The fourth-order valence-corrected chi connectivity index (χ4v) is 5.38. The molecule has 7 heteroatoms. The normalized spacial score (nSPS) is 19.8. The number of hydrogen-bond acceptors (Lipinski definition) is 5. The number of para-hydroxylation sites is 1. The summed E-state index contributed by atoms with van der Waals surface area (Å²) in [6.45, 7) is 3.30. The average molecular weight is 458 g/mol. The fourth-order valence-electron chi connectivity index (χ4n) is 4.46. The number of rotatable bonds is 10. The van der Waals surface area contributed by atoms with Crippen molar-refractivity contribution in [3.63, 3.8) is 0 Å². The van der Waals surface area contributed by atoms with Gasteiger partial charge in [0.15, 0.2) is 0 Å². The lowest BCUT2D eigenvalue weighted by Gasteiger charge is -2.41. The molecule has 0 saturated carbocycles. The second-order valence-electron chi connectivity index (χ2n) is 8.51. The predicted molar refractivity (Wildman–Crippen MR) is 129 cm³/mol. The first kappa shape index (κ1) is 24.3. The van der Waals surface area contributed by atoms with Crippen LogP contribution in [-0.4, -0.2) is 55.9 Å². The van der Waals surface area contributed by atoms with Gasteiger partial charge in [-0.1, -0.05) is 37.6 Å². The number of nitrogens with one attached hydrogen (secondary N) is 1. The standard InChI is InChI=1S/C25H35N3O3S/c1-5-6-15-28-23(29)14-13-19(24(28)18-10-7-8-11-21(18)31-4)25(30)26-17-20(27(2)3)22-12-9-16-32-22/h7-12,16,19-20,24H,5-6,13-15,17H2,1-4H3,(H,26,30). The molecule has 1 aliphatic rings. The highest BCUT2D eigenvalue weighted by Crippen LogP contribution is 2.41. The van der Waals surface area contributed by atoms with Crippen LogP contribution in [0.5, 0.6) is 5.75 Å². The maximum atomic E-state index is 13.5. The van der Waals surface area contributed by atoms with Crippen molar-refractivity contribution >= 4 is 23.2 Å². The quantitative estimate of drug-likeness (QED) is 0.579. The van der Waals surface area contributed by atoms with Crippen LogP contribution in [0.2, 0.25) is 0 Å². The third-order valence-electron chi connectivity index (χ3n) is 6.22. The van der Waals surface area contributed by atoms with E-state index in [1.165, 1.54) is 4.88 Å². The molecule has 0 aliphatic carbocycles. The van der Waals surface area contributed by atoms with E-state index in [-0.39, 0.29) is 29.8 Å². The van der Waals surface area contributed by atoms with E-state index in [1.807, 2.05) is 49.3 Å². The van der Waals surface area contributed by atoms with Gasteiger partial charge in [-0.15, -0.1) is 11.3 Å². The lowest BCUT2D eigenvalue weighted by molar-refractivity contribution is -0.143. The van der Waals surface area contributed by atoms with E-state index in [0.29, 0.717) is 25.9 Å². The molecule has 1 aromatic carbocycles. The molecule has 2 aromatic rings. The first-order chi connectivity index (χ1) is 15.5. The Bertz CT molecular complexity index is 884. The van der Waals surface area contributed by atoms with Crippen molar-refractivity contribution in [2.24, 2.45) is 5.92 Å². The molecule has 174 valence electrons. The summed E-state index contributed by atoms with van der Waals surface area (Å²) < 4.78 is 5.62. The number of likely N-dealkylation sites (tertiary alicyclic amines) is 1. The zero-order chi connectivity index (χ0) is 23.1. The molecular formula is C25H35N3O3S. The molecule has 3 rings (SSSR count). The highest BCUT2D eigenvalue weighted by atomic mass is 32.1. The van der Waals surface area contributed by atoms with Gasteiger partial charge in [-0.3, -0.25) is 9.59 Å². The summed E-state index contributed by atoms with van der Waals surface area (Å²) in [4.78, 5) is 31.7. The zero-order valence-corrected chi connectivity index (χ0v) is 20.4. The number of nitrogens with zero attached hydrogens (tertiary/aromatic N) is 2. The molecule has 3 atom stereocenters. The van der Waals surface area contributed by atoms with Crippen LogP contribution < -0.4 is 10.1 Å². The summed E-state index contributed by atoms with van der Waals surface area (Å²) in [6, 6.07) is 11.7. The number of unbranched alkanes of at least 4 members (excludes halogenated alkanes) is 1. The zero-order valence-electron chi connectivity index (χ0n) is 19.5. The van der Waals surface area contributed by atoms with Crippen molar-refractivity contribution in [3.8, 4) is 5.75 Å². The third kappa shape index (κ3) is 5.51. The van der Waals surface area contributed by atoms with Gasteiger partial charge in [0, 0.05) is 30.0 Å². The van der Waals surface area contributed by atoms with Crippen LogP contribution in [0.1, 0.15) is 55.1 Å². The number of carbonyl (C=O) groups is 2. The maximum Gasteiger partial charge on any atom is 0.225 e. The van der Waals surface area contributed by atoms with E-state index in [0.717, 1.165) is 24.2 Å². The number of thiophene rings is 1. The maximum absolute atomic E-state index is 13.5. The summed E-state index contributed by atoms with van der Waals surface area (Å²) in [5.41, 5.74) is 0.904. The highest BCUT2D eigenvalue weighted by Gasteiger charge is 2.41. The number of methoxy groups -OCH3 is 1. The van der Waals surface area contributed by atoms with E-state index in [2.05, 4.69) is 28.6 Å². The number of amides is 2. The van der Waals surface area contributed by atoms with E-state index in [4.69, 9.17) is 4.74 Å². The number of likely N-dealkylation sites (N-methyl/N-ethyl adjacent to an activating group) is 1. The SMILES string of the molecule is CCCCN1C(=O)CCC(C(=O)NCC(c2cccs2)N(C)C)C1c1ccccc1OC. The minimum Gasteiger partial charge on any atom is -0.496 e. The van der Waals surface area contributed by atoms with Crippen LogP contribution in [0.3, 0.4) is 0 Å². The number of piperidine rings is 1. The Morgan fingerprint density at radius 1 is 1.28 bits per heavy atom. The molecule has 1 saturated heterocycles. The summed E-state index contributed by atoms with van der Waals surface area (Å²) in [5.74, 6) is 0.518. The molecule has 3 unspecified atom stereocenters. The van der Waals surface area contributed by atoms with Crippen molar-refractivity contribution in [3.05, 3.63) is 52.2 Å². The molecule has 1 N–H and O–H groups in total. The molecule has 1 aromatic heterocycles. The Balaban J connectivity index is 1.86. The van der Waals surface area contributed by atoms with E-state index in [1.54, 1.807) is 18.4 Å². The first-order valence-electron chi connectivity index (χ1n) is 11.4. The lowest BCUT2D eigenvalue weighted by atomic mass is 9.83. The Hall–Kier alpha value is -2.38. The topological polar surface area (TPSA) is 61.9 Å². The molecule has 6 nitrogen and oxygen atoms in total. The van der Waals surface area contributed by atoms with Crippen LogP contribution in [0, 0.1) is 5.92 Å². The molecule has 0 spiro atoms. The van der Waals surface area contributed by atoms with E-state index >= 15 is 0 Å². The Kier molecular flexibility index (Phi) is 8.70. The number of ether oxygens (including phenoxy) is 1. The number of carbonyl (C=O) groups excluding carboxylic acids is 2. The van der Waals surface area contributed by atoms with Gasteiger partial charge in [-0.25, -0.2) is 0 Å². The van der Waals surface area contributed by atoms with Gasteiger partial charge in [0.05, 0.1) is 25.1 Å². The third-order valence-corrected chi connectivity index (χ3v) is 7.19. The summed E-state index contributed by atoms with van der Waals surface area (Å²) >= 11 is 1.70. The fraction of sp³-hybridized carbons (Fsp3) is 0.520. The van der Waals surface area contributed by atoms with Gasteiger partial charge in [0.1, 0.15) is 5.75 Å². The van der Waals surface area contributed by atoms with Crippen LogP contribution in [0.4, 0.5) is 0 Å². The minimum absolute atomic E-state index is 0.00156.